The van der Waals surface area contributed by atoms with Crippen LogP contribution >= 0.6 is 0 Å². The molecular formula is C18H22FN3O. The Bertz CT molecular complexity index is 670. The fourth-order valence-corrected chi connectivity index (χ4v) is 3.29. The molecule has 2 unspecified atom stereocenters. The van der Waals surface area contributed by atoms with Gasteiger partial charge in [-0.3, -0.25) is 4.90 Å². The maximum Gasteiger partial charge on any atom is 0.126 e. The van der Waals surface area contributed by atoms with Gasteiger partial charge in [-0.15, -0.1) is 0 Å². The number of carbonyl (C=O) groups excluding carboxylic acids is 1. The average molecular weight is 315 g/mol. The fourth-order valence-electron chi connectivity index (χ4n) is 3.29. The molecule has 3 rings (SSSR count). The molecule has 1 saturated heterocycles. The number of benzene rings is 1. The number of halogens is 1. The highest BCUT2D eigenvalue weighted by Gasteiger charge is 2.29. The number of hydrogen-bond donors (Lipinski definition) is 0. The van der Waals surface area contributed by atoms with E-state index in [9.17, 15) is 9.18 Å². The van der Waals surface area contributed by atoms with Gasteiger partial charge in [0.1, 0.15) is 17.9 Å². The first-order valence-corrected chi connectivity index (χ1v) is 8.08. The minimum atomic E-state index is -0.200. The highest BCUT2D eigenvalue weighted by Crippen LogP contribution is 2.31. The van der Waals surface area contributed by atoms with E-state index in [-0.39, 0.29) is 17.8 Å². The van der Waals surface area contributed by atoms with E-state index in [4.69, 9.17) is 0 Å². The normalized spacial score (nSPS) is 22.2. The van der Waals surface area contributed by atoms with Crippen LogP contribution in [0.1, 0.15) is 30.3 Å². The highest BCUT2D eigenvalue weighted by atomic mass is 19.1. The van der Waals surface area contributed by atoms with Gasteiger partial charge in [0.25, 0.3) is 0 Å². The largest absolute Gasteiger partial charge is 0.333 e. The SMILES string of the molecule is CN1CCC(C=O)CC1c1nccn1CCc1cccc(F)c1. The summed E-state index contributed by atoms with van der Waals surface area (Å²) >= 11 is 0. The summed E-state index contributed by atoms with van der Waals surface area (Å²) in [5, 5.41) is 0. The number of aryl methyl sites for hydroxylation is 2. The molecule has 0 radical (unpaired) electrons. The number of rotatable bonds is 5. The summed E-state index contributed by atoms with van der Waals surface area (Å²) in [6.07, 6.45) is 7.33. The number of aldehydes is 1. The predicted octanol–water partition coefficient (Wildman–Crippen LogP) is 2.85. The zero-order valence-corrected chi connectivity index (χ0v) is 13.4. The van der Waals surface area contributed by atoms with Crippen molar-refractivity contribution in [3.8, 4) is 0 Å². The summed E-state index contributed by atoms with van der Waals surface area (Å²) in [6, 6.07) is 6.88. The summed E-state index contributed by atoms with van der Waals surface area (Å²) in [6.45, 7) is 1.67. The molecule has 1 aromatic carbocycles. The Kier molecular flexibility index (Phi) is 4.86. The van der Waals surface area contributed by atoms with Crippen LogP contribution in [-0.2, 0) is 17.8 Å². The number of likely N-dealkylation sites (tertiary alicyclic amines) is 1. The molecule has 1 aliphatic heterocycles. The van der Waals surface area contributed by atoms with Crippen molar-refractivity contribution in [2.24, 2.45) is 5.92 Å². The number of nitrogens with zero attached hydrogens (tertiary/aromatic N) is 3. The molecule has 2 aromatic rings. The Hall–Kier alpha value is -2.01. The van der Waals surface area contributed by atoms with Crippen LogP contribution in [0.25, 0.3) is 0 Å². The molecule has 23 heavy (non-hydrogen) atoms. The van der Waals surface area contributed by atoms with E-state index in [1.807, 2.05) is 12.3 Å². The van der Waals surface area contributed by atoms with Crippen molar-refractivity contribution in [2.75, 3.05) is 13.6 Å². The van der Waals surface area contributed by atoms with E-state index >= 15 is 0 Å². The topological polar surface area (TPSA) is 38.1 Å². The summed E-state index contributed by atoms with van der Waals surface area (Å²) in [5.41, 5.74) is 0.979. The standard InChI is InChI=1S/C18H22FN3O/c1-21-8-5-15(13-23)12-17(21)18-20-7-10-22(18)9-6-14-3-2-4-16(19)11-14/h2-4,7,10-11,13,15,17H,5-6,8-9,12H2,1H3. The summed E-state index contributed by atoms with van der Waals surface area (Å²) in [7, 11) is 2.08. The van der Waals surface area contributed by atoms with Crippen LogP contribution in [0.4, 0.5) is 4.39 Å². The molecule has 0 spiro atoms. The van der Waals surface area contributed by atoms with Crippen LogP contribution in [0.5, 0.6) is 0 Å². The third-order valence-electron chi connectivity index (χ3n) is 4.68. The van der Waals surface area contributed by atoms with Gasteiger partial charge in [-0.05, 0) is 50.6 Å². The van der Waals surface area contributed by atoms with Crippen LogP contribution < -0.4 is 0 Å². The second kappa shape index (κ2) is 7.04. The first-order valence-electron chi connectivity index (χ1n) is 8.08. The van der Waals surface area contributed by atoms with Crippen molar-refractivity contribution in [3.63, 3.8) is 0 Å². The first kappa shape index (κ1) is 15.9. The average Bonchev–Trinajstić information content (AvgIpc) is 3.02. The molecule has 1 aliphatic rings. The van der Waals surface area contributed by atoms with Crippen LogP contribution in [0.2, 0.25) is 0 Å². The summed E-state index contributed by atoms with van der Waals surface area (Å²) in [5.74, 6) is 0.911. The molecule has 122 valence electrons. The fraction of sp³-hybridized carbons (Fsp3) is 0.444. The van der Waals surface area contributed by atoms with Crippen LogP contribution in [0, 0.1) is 11.7 Å². The first-order chi connectivity index (χ1) is 11.2. The number of piperidine rings is 1. The Morgan fingerprint density at radius 2 is 2.30 bits per heavy atom. The van der Waals surface area contributed by atoms with Crippen LogP contribution in [0.15, 0.2) is 36.7 Å². The van der Waals surface area contributed by atoms with Crippen molar-refractivity contribution in [2.45, 2.75) is 31.8 Å². The Morgan fingerprint density at radius 3 is 3.09 bits per heavy atom. The van der Waals surface area contributed by atoms with Gasteiger partial charge < -0.3 is 9.36 Å². The molecule has 1 fully saturated rings. The van der Waals surface area contributed by atoms with E-state index in [1.165, 1.54) is 6.07 Å². The number of imidazole rings is 1. The van der Waals surface area contributed by atoms with Gasteiger partial charge in [-0.25, -0.2) is 9.37 Å². The molecule has 4 nitrogen and oxygen atoms in total. The molecule has 0 bridgehead atoms. The van der Waals surface area contributed by atoms with Crippen molar-refractivity contribution in [1.29, 1.82) is 0 Å². The third kappa shape index (κ3) is 3.67. The lowest BCUT2D eigenvalue weighted by Gasteiger charge is -2.35. The monoisotopic (exact) mass is 315 g/mol. The zero-order valence-electron chi connectivity index (χ0n) is 13.4. The Morgan fingerprint density at radius 1 is 1.43 bits per heavy atom. The second-order valence-electron chi connectivity index (χ2n) is 6.28. The van der Waals surface area contributed by atoms with Crippen molar-refractivity contribution >= 4 is 6.29 Å². The van der Waals surface area contributed by atoms with Gasteiger partial charge >= 0.3 is 0 Å². The third-order valence-corrected chi connectivity index (χ3v) is 4.68. The Labute approximate surface area is 135 Å². The quantitative estimate of drug-likeness (QED) is 0.796. The lowest BCUT2D eigenvalue weighted by atomic mass is 9.92. The van der Waals surface area contributed by atoms with Crippen molar-refractivity contribution in [1.82, 2.24) is 14.5 Å². The predicted molar refractivity (Wildman–Crippen MR) is 86.5 cm³/mol. The van der Waals surface area contributed by atoms with E-state index < -0.39 is 0 Å². The minimum Gasteiger partial charge on any atom is -0.333 e. The van der Waals surface area contributed by atoms with E-state index in [0.717, 1.165) is 50.0 Å². The zero-order chi connectivity index (χ0) is 16.2. The number of hydrogen-bond acceptors (Lipinski definition) is 3. The maximum absolute atomic E-state index is 13.3. The molecule has 0 saturated carbocycles. The lowest BCUT2D eigenvalue weighted by Crippen LogP contribution is -2.36. The molecule has 0 N–H and O–H groups in total. The van der Waals surface area contributed by atoms with Gasteiger partial charge in [0, 0.05) is 24.9 Å². The molecule has 5 heteroatoms. The summed E-state index contributed by atoms with van der Waals surface area (Å²) < 4.78 is 15.4. The highest BCUT2D eigenvalue weighted by molar-refractivity contribution is 5.53. The van der Waals surface area contributed by atoms with E-state index in [1.54, 1.807) is 18.3 Å². The van der Waals surface area contributed by atoms with Gasteiger partial charge in [-0.1, -0.05) is 12.1 Å². The summed E-state index contributed by atoms with van der Waals surface area (Å²) in [4.78, 5) is 17.9. The van der Waals surface area contributed by atoms with Crippen molar-refractivity contribution in [3.05, 3.63) is 53.9 Å². The Balaban J connectivity index is 1.72. The molecule has 0 amide bonds. The van der Waals surface area contributed by atoms with E-state index in [2.05, 4.69) is 21.5 Å². The van der Waals surface area contributed by atoms with E-state index in [0.29, 0.717) is 0 Å². The van der Waals surface area contributed by atoms with Crippen LogP contribution in [0.3, 0.4) is 0 Å². The molecule has 0 aliphatic carbocycles. The molecule has 2 atom stereocenters. The number of carbonyl (C=O) groups is 1. The molecule has 1 aromatic heterocycles. The molecular weight excluding hydrogens is 293 g/mol. The second-order valence-corrected chi connectivity index (χ2v) is 6.28. The smallest absolute Gasteiger partial charge is 0.126 e. The van der Waals surface area contributed by atoms with Gasteiger partial charge in [0.2, 0.25) is 0 Å². The van der Waals surface area contributed by atoms with Crippen molar-refractivity contribution < 1.29 is 9.18 Å². The molecule has 2 heterocycles. The van der Waals surface area contributed by atoms with Gasteiger partial charge in [-0.2, -0.15) is 0 Å². The number of aromatic nitrogens is 2. The minimum absolute atomic E-state index is 0.115. The maximum atomic E-state index is 13.3. The lowest BCUT2D eigenvalue weighted by molar-refractivity contribution is -0.112. The van der Waals surface area contributed by atoms with Gasteiger partial charge in [0.15, 0.2) is 0 Å². The van der Waals surface area contributed by atoms with Gasteiger partial charge in [0.05, 0.1) is 6.04 Å². The van der Waals surface area contributed by atoms with Crippen LogP contribution in [-0.4, -0.2) is 34.3 Å².